The van der Waals surface area contributed by atoms with Crippen molar-refractivity contribution in [3.05, 3.63) is 29.3 Å². The fourth-order valence-electron chi connectivity index (χ4n) is 5.36. The lowest BCUT2D eigenvalue weighted by molar-refractivity contribution is -0.136. The zero-order chi connectivity index (χ0) is 22.6. The lowest BCUT2D eigenvalue weighted by atomic mass is 9.80. The van der Waals surface area contributed by atoms with Crippen molar-refractivity contribution < 1.29 is 19.2 Å². The van der Waals surface area contributed by atoms with E-state index in [4.69, 9.17) is 0 Å². The molecule has 1 unspecified atom stereocenters. The van der Waals surface area contributed by atoms with E-state index in [1.807, 2.05) is 6.07 Å². The van der Waals surface area contributed by atoms with E-state index in [0.29, 0.717) is 11.1 Å². The van der Waals surface area contributed by atoms with Gasteiger partial charge in [0.05, 0.1) is 11.1 Å². The topological polar surface area (TPSA) is 93.3 Å². The summed E-state index contributed by atoms with van der Waals surface area (Å²) >= 11 is 0. The van der Waals surface area contributed by atoms with Gasteiger partial charge in [0.25, 0.3) is 11.8 Å². The number of hydrogen-bond acceptors (Lipinski definition) is 7. The summed E-state index contributed by atoms with van der Waals surface area (Å²) in [6, 6.07) is 4.41. The molecular weight excluding hydrogens is 410 g/mol. The molecule has 9 heteroatoms. The van der Waals surface area contributed by atoms with Gasteiger partial charge in [-0.25, -0.2) is 0 Å². The lowest BCUT2D eigenvalue weighted by Gasteiger charge is -2.52. The maximum absolute atomic E-state index is 13.0. The van der Waals surface area contributed by atoms with Crippen LogP contribution in [0.2, 0.25) is 0 Å². The summed E-state index contributed by atoms with van der Waals surface area (Å²) < 4.78 is 0. The van der Waals surface area contributed by atoms with Gasteiger partial charge in [-0.2, -0.15) is 0 Å². The molecule has 0 spiro atoms. The fourth-order valence-corrected chi connectivity index (χ4v) is 5.36. The Labute approximate surface area is 187 Å². The number of likely N-dealkylation sites (N-methyl/N-ethyl adjacent to an activating group) is 1. The smallest absolute Gasteiger partial charge is 0.262 e. The van der Waals surface area contributed by atoms with E-state index >= 15 is 0 Å². The summed E-state index contributed by atoms with van der Waals surface area (Å²) in [7, 11) is 2.16. The van der Waals surface area contributed by atoms with E-state index in [2.05, 4.69) is 34.0 Å². The number of fused-ring (bicyclic) bond motifs is 1. The Kier molecular flexibility index (Phi) is 5.05. The number of anilines is 1. The molecule has 4 heterocycles. The molecule has 170 valence electrons. The van der Waals surface area contributed by atoms with E-state index in [9.17, 15) is 19.2 Å². The third-order valence-electron chi connectivity index (χ3n) is 7.13. The Bertz CT molecular complexity index is 994. The first kappa shape index (κ1) is 21.1. The van der Waals surface area contributed by atoms with Gasteiger partial charge in [0.2, 0.25) is 11.8 Å². The van der Waals surface area contributed by atoms with Gasteiger partial charge >= 0.3 is 0 Å². The van der Waals surface area contributed by atoms with Gasteiger partial charge in [0.15, 0.2) is 0 Å². The number of nitrogens with zero attached hydrogens (tertiary/aromatic N) is 4. The van der Waals surface area contributed by atoms with E-state index in [1.54, 1.807) is 12.1 Å². The monoisotopic (exact) mass is 439 g/mol. The van der Waals surface area contributed by atoms with Crippen molar-refractivity contribution in [2.24, 2.45) is 5.41 Å². The van der Waals surface area contributed by atoms with Gasteiger partial charge in [-0.05, 0) is 31.7 Å². The number of amides is 4. The first-order valence-corrected chi connectivity index (χ1v) is 11.3. The van der Waals surface area contributed by atoms with Crippen molar-refractivity contribution in [2.45, 2.75) is 25.8 Å². The van der Waals surface area contributed by atoms with Crippen LogP contribution in [0.4, 0.5) is 5.69 Å². The molecule has 4 aliphatic rings. The van der Waals surface area contributed by atoms with Crippen molar-refractivity contribution in [2.75, 3.05) is 57.8 Å². The normalized spacial score (nSPS) is 26.2. The van der Waals surface area contributed by atoms with Crippen LogP contribution in [-0.2, 0) is 9.59 Å². The predicted molar refractivity (Wildman–Crippen MR) is 117 cm³/mol. The number of imide groups is 2. The predicted octanol–water partition coefficient (Wildman–Crippen LogP) is 0.162. The van der Waals surface area contributed by atoms with Crippen LogP contribution in [0.1, 0.15) is 40.5 Å². The van der Waals surface area contributed by atoms with Crippen LogP contribution in [0.5, 0.6) is 0 Å². The van der Waals surface area contributed by atoms with Gasteiger partial charge < -0.3 is 14.7 Å². The molecule has 1 N–H and O–H groups in total. The number of hydrogen-bond donors (Lipinski definition) is 1. The van der Waals surface area contributed by atoms with Crippen molar-refractivity contribution >= 4 is 29.3 Å². The Morgan fingerprint density at radius 2 is 1.69 bits per heavy atom. The van der Waals surface area contributed by atoms with E-state index < -0.39 is 23.8 Å². The number of benzene rings is 1. The van der Waals surface area contributed by atoms with Crippen LogP contribution >= 0.6 is 0 Å². The van der Waals surface area contributed by atoms with Crippen molar-refractivity contribution in [1.29, 1.82) is 0 Å². The molecule has 32 heavy (non-hydrogen) atoms. The molecule has 5 rings (SSSR count). The first-order valence-electron chi connectivity index (χ1n) is 11.3. The standard InChI is InChI=1S/C23H29N5O4/c1-23(12-26-9-7-25(2)8-10-26)13-27(14-23)15-3-4-16-17(11-15)22(32)28(21(16)31)18-5-6-19(29)24-20(18)30/h3-4,11,18H,5-10,12-14H2,1-2H3,(H,24,29,30). The van der Waals surface area contributed by atoms with Crippen LogP contribution in [0.15, 0.2) is 18.2 Å². The number of carbonyl (C=O) groups excluding carboxylic acids is 4. The van der Waals surface area contributed by atoms with Gasteiger partial charge in [-0.1, -0.05) is 6.92 Å². The number of rotatable bonds is 4. The summed E-state index contributed by atoms with van der Waals surface area (Å²) in [5.74, 6) is -1.88. The second-order valence-corrected chi connectivity index (χ2v) is 9.92. The van der Waals surface area contributed by atoms with Gasteiger partial charge in [0.1, 0.15) is 6.04 Å². The number of piperidine rings is 1. The summed E-state index contributed by atoms with van der Waals surface area (Å²) in [5.41, 5.74) is 1.79. The third-order valence-corrected chi connectivity index (χ3v) is 7.13. The van der Waals surface area contributed by atoms with Crippen molar-refractivity contribution in [1.82, 2.24) is 20.0 Å². The van der Waals surface area contributed by atoms with Crippen molar-refractivity contribution in [3.63, 3.8) is 0 Å². The van der Waals surface area contributed by atoms with Crippen LogP contribution in [0.25, 0.3) is 0 Å². The highest BCUT2D eigenvalue weighted by Crippen LogP contribution is 2.37. The van der Waals surface area contributed by atoms with Gasteiger partial charge in [-0.15, -0.1) is 0 Å². The van der Waals surface area contributed by atoms with E-state index in [-0.39, 0.29) is 24.2 Å². The molecule has 9 nitrogen and oxygen atoms in total. The molecule has 1 aromatic rings. The van der Waals surface area contributed by atoms with E-state index in [0.717, 1.165) is 56.4 Å². The Hall–Kier alpha value is -2.78. The summed E-state index contributed by atoms with van der Waals surface area (Å²) in [6.45, 7) is 9.55. The Balaban J connectivity index is 1.27. The average Bonchev–Trinajstić information content (AvgIpc) is 2.98. The second-order valence-electron chi connectivity index (χ2n) is 9.92. The minimum absolute atomic E-state index is 0.120. The summed E-state index contributed by atoms with van der Waals surface area (Å²) in [5, 5.41) is 2.23. The zero-order valence-electron chi connectivity index (χ0n) is 18.6. The highest BCUT2D eigenvalue weighted by molar-refractivity contribution is 6.23. The molecular formula is C23H29N5O4. The molecule has 1 aromatic carbocycles. The van der Waals surface area contributed by atoms with Gasteiger partial charge in [-0.3, -0.25) is 29.4 Å². The average molecular weight is 440 g/mol. The maximum atomic E-state index is 13.0. The molecule has 1 atom stereocenters. The Morgan fingerprint density at radius 1 is 1.00 bits per heavy atom. The molecule has 3 saturated heterocycles. The molecule has 3 fully saturated rings. The highest BCUT2D eigenvalue weighted by atomic mass is 16.2. The second kappa shape index (κ2) is 7.67. The summed E-state index contributed by atoms with van der Waals surface area (Å²) in [6.07, 6.45) is 0.286. The SMILES string of the molecule is CN1CCN(CC2(C)CN(c3ccc4c(c3)C(=O)N(C3CCC(=O)NC3=O)C4=O)C2)CC1. The van der Waals surface area contributed by atoms with Crippen LogP contribution in [-0.4, -0.2) is 97.2 Å². The number of nitrogens with one attached hydrogen (secondary N) is 1. The van der Waals surface area contributed by atoms with E-state index in [1.165, 1.54) is 0 Å². The lowest BCUT2D eigenvalue weighted by Crippen LogP contribution is -2.61. The molecule has 4 amide bonds. The third kappa shape index (κ3) is 3.59. The minimum atomic E-state index is -0.931. The molecule has 0 saturated carbocycles. The molecule has 0 aliphatic carbocycles. The molecule has 0 radical (unpaired) electrons. The van der Waals surface area contributed by atoms with Crippen LogP contribution in [0, 0.1) is 5.41 Å². The Morgan fingerprint density at radius 3 is 2.38 bits per heavy atom. The fraction of sp³-hybridized carbons (Fsp3) is 0.565. The molecule has 0 aromatic heterocycles. The van der Waals surface area contributed by atoms with Crippen LogP contribution < -0.4 is 10.2 Å². The molecule has 0 bridgehead atoms. The largest absolute Gasteiger partial charge is 0.370 e. The molecule has 4 aliphatic heterocycles. The van der Waals surface area contributed by atoms with Gasteiger partial charge in [0, 0.05) is 63.3 Å². The first-order chi connectivity index (χ1) is 15.2. The van der Waals surface area contributed by atoms with Crippen molar-refractivity contribution in [3.8, 4) is 0 Å². The highest BCUT2D eigenvalue weighted by Gasteiger charge is 2.46. The maximum Gasteiger partial charge on any atom is 0.262 e. The minimum Gasteiger partial charge on any atom is -0.370 e. The summed E-state index contributed by atoms with van der Waals surface area (Å²) in [4.78, 5) is 57.7. The number of carbonyl (C=O) groups is 4. The quantitative estimate of drug-likeness (QED) is 0.668. The van der Waals surface area contributed by atoms with Crippen LogP contribution in [0.3, 0.4) is 0 Å². The zero-order valence-corrected chi connectivity index (χ0v) is 18.6. The number of piperazine rings is 1.